The van der Waals surface area contributed by atoms with Crippen molar-refractivity contribution in [1.29, 1.82) is 0 Å². The molecule has 1 aromatic heterocycles. The van der Waals surface area contributed by atoms with E-state index in [-0.39, 0.29) is 6.54 Å². The van der Waals surface area contributed by atoms with E-state index in [4.69, 9.17) is 0 Å². The lowest BCUT2D eigenvalue weighted by atomic mass is 10.4. The van der Waals surface area contributed by atoms with Gasteiger partial charge in [-0.15, -0.1) is 11.3 Å². The molecular weight excluding hydrogens is 232 g/mol. The van der Waals surface area contributed by atoms with E-state index in [2.05, 4.69) is 17.2 Å². The largest absolute Gasteiger partial charge is 0.345 e. The Labute approximate surface area is 98.5 Å². The fourth-order valence-electron chi connectivity index (χ4n) is 1.23. The zero-order chi connectivity index (χ0) is 12.0. The summed E-state index contributed by atoms with van der Waals surface area (Å²) < 4.78 is 24.3. The first kappa shape index (κ1) is 13.3. The summed E-state index contributed by atoms with van der Waals surface area (Å²) in [6.07, 6.45) is 0.497. The number of thiazole rings is 1. The maximum Gasteiger partial charge on any atom is 0.255 e. The average molecular weight is 249 g/mol. The second-order valence-electron chi connectivity index (χ2n) is 3.56. The molecule has 1 heterocycles. The predicted octanol–water partition coefficient (Wildman–Crippen LogP) is 2.34. The van der Waals surface area contributed by atoms with Crippen molar-refractivity contribution in [2.45, 2.75) is 26.3 Å². The maximum atomic E-state index is 12.1. The van der Waals surface area contributed by atoms with Crippen molar-refractivity contribution in [2.75, 3.05) is 25.0 Å². The minimum atomic E-state index is -2.32. The van der Waals surface area contributed by atoms with E-state index in [0.717, 1.165) is 24.4 Å². The normalized spacial score (nSPS) is 11.1. The molecule has 0 atom stereocenters. The minimum Gasteiger partial charge on any atom is -0.345 e. The van der Waals surface area contributed by atoms with Gasteiger partial charge in [0.15, 0.2) is 5.13 Å². The van der Waals surface area contributed by atoms with E-state index in [1.165, 1.54) is 16.2 Å². The van der Waals surface area contributed by atoms with Crippen molar-refractivity contribution in [1.82, 2.24) is 10.3 Å². The molecule has 0 saturated heterocycles. The molecule has 6 heteroatoms. The van der Waals surface area contributed by atoms with Crippen molar-refractivity contribution in [3.05, 3.63) is 11.1 Å². The number of aromatic nitrogens is 1. The number of halogens is 2. The van der Waals surface area contributed by atoms with Gasteiger partial charge in [0.1, 0.15) is 0 Å². The highest BCUT2D eigenvalue weighted by molar-refractivity contribution is 7.15. The third-order valence-electron chi connectivity index (χ3n) is 2.01. The smallest absolute Gasteiger partial charge is 0.255 e. The number of alkyl halides is 2. The van der Waals surface area contributed by atoms with Crippen LogP contribution in [0.1, 0.15) is 18.2 Å². The van der Waals surface area contributed by atoms with Gasteiger partial charge in [-0.1, -0.05) is 6.92 Å². The van der Waals surface area contributed by atoms with Crippen LogP contribution in [-0.4, -0.2) is 31.5 Å². The first-order chi connectivity index (χ1) is 7.63. The van der Waals surface area contributed by atoms with Crippen molar-refractivity contribution < 1.29 is 8.78 Å². The van der Waals surface area contributed by atoms with Crippen LogP contribution in [0.15, 0.2) is 6.20 Å². The van der Waals surface area contributed by atoms with Gasteiger partial charge in [0, 0.05) is 24.7 Å². The van der Waals surface area contributed by atoms with Crippen LogP contribution in [0.3, 0.4) is 0 Å². The first-order valence-electron chi connectivity index (χ1n) is 5.28. The van der Waals surface area contributed by atoms with Gasteiger partial charge >= 0.3 is 0 Å². The summed E-state index contributed by atoms with van der Waals surface area (Å²) in [7, 11) is 1.63. The molecule has 3 nitrogen and oxygen atoms in total. The Morgan fingerprint density at radius 3 is 2.94 bits per heavy atom. The number of hydrogen-bond donors (Lipinski definition) is 1. The summed E-state index contributed by atoms with van der Waals surface area (Å²) in [5, 5.41) is 3.89. The van der Waals surface area contributed by atoms with E-state index < -0.39 is 6.43 Å². The summed E-state index contributed by atoms with van der Waals surface area (Å²) >= 11 is 1.45. The van der Waals surface area contributed by atoms with Crippen LogP contribution in [0.4, 0.5) is 13.9 Å². The average Bonchev–Trinajstić information content (AvgIpc) is 2.66. The third kappa shape index (κ3) is 4.40. The van der Waals surface area contributed by atoms with E-state index in [1.807, 2.05) is 0 Å². The Morgan fingerprint density at radius 2 is 2.31 bits per heavy atom. The Kier molecular flexibility index (Phi) is 5.62. The predicted molar refractivity (Wildman–Crippen MR) is 63.4 cm³/mol. The molecule has 1 aromatic rings. The molecule has 0 aromatic carbocycles. The molecule has 16 heavy (non-hydrogen) atoms. The maximum absolute atomic E-state index is 12.1. The quantitative estimate of drug-likeness (QED) is 0.752. The zero-order valence-corrected chi connectivity index (χ0v) is 10.4. The number of anilines is 1. The van der Waals surface area contributed by atoms with Gasteiger partial charge in [-0.3, -0.25) is 0 Å². The summed E-state index contributed by atoms with van der Waals surface area (Å²) in [6.45, 7) is 3.55. The second-order valence-corrected chi connectivity index (χ2v) is 4.65. The lowest BCUT2D eigenvalue weighted by Gasteiger charge is -2.14. The number of nitrogens with zero attached hydrogens (tertiary/aromatic N) is 2. The van der Waals surface area contributed by atoms with E-state index in [0.29, 0.717) is 5.13 Å². The van der Waals surface area contributed by atoms with Gasteiger partial charge in [0.2, 0.25) is 0 Å². The molecule has 92 valence electrons. The van der Waals surface area contributed by atoms with Gasteiger partial charge in [-0.2, -0.15) is 0 Å². The Hall–Kier alpha value is -0.750. The Morgan fingerprint density at radius 1 is 1.56 bits per heavy atom. The number of rotatable bonds is 7. The second kappa shape index (κ2) is 6.75. The highest BCUT2D eigenvalue weighted by atomic mass is 32.1. The highest BCUT2D eigenvalue weighted by Gasteiger charge is 2.11. The fraction of sp³-hybridized carbons (Fsp3) is 0.700. The summed E-state index contributed by atoms with van der Waals surface area (Å²) in [4.78, 5) is 6.68. The zero-order valence-electron chi connectivity index (χ0n) is 9.54. The molecule has 1 rings (SSSR count). The number of hydrogen-bond acceptors (Lipinski definition) is 4. The van der Waals surface area contributed by atoms with E-state index in [9.17, 15) is 8.78 Å². The summed E-state index contributed by atoms with van der Waals surface area (Å²) in [5.41, 5.74) is 0. The molecule has 1 N–H and O–H groups in total. The lowest BCUT2D eigenvalue weighted by molar-refractivity contribution is 0.156. The van der Waals surface area contributed by atoms with Crippen molar-refractivity contribution in [3.8, 4) is 0 Å². The lowest BCUT2D eigenvalue weighted by Crippen LogP contribution is -2.23. The molecule has 0 radical (unpaired) electrons. The van der Waals surface area contributed by atoms with Crippen LogP contribution in [0.25, 0.3) is 0 Å². The van der Waals surface area contributed by atoms with E-state index in [1.54, 1.807) is 13.2 Å². The highest BCUT2D eigenvalue weighted by Crippen LogP contribution is 2.21. The molecule has 0 aliphatic rings. The number of nitrogens with one attached hydrogen (secondary N) is 1. The van der Waals surface area contributed by atoms with Gasteiger partial charge in [-0.25, -0.2) is 13.8 Å². The van der Waals surface area contributed by atoms with Gasteiger partial charge in [-0.05, 0) is 13.0 Å². The van der Waals surface area contributed by atoms with Crippen molar-refractivity contribution in [3.63, 3.8) is 0 Å². The molecule has 0 fully saturated rings. The van der Waals surface area contributed by atoms with Crippen LogP contribution in [0.2, 0.25) is 0 Å². The summed E-state index contributed by atoms with van der Waals surface area (Å²) in [6, 6.07) is 0. The topological polar surface area (TPSA) is 28.2 Å². The van der Waals surface area contributed by atoms with Gasteiger partial charge in [0.05, 0.1) is 6.54 Å². The van der Waals surface area contributed by atoms with Crippen LogP contribution in [0, 0.1) is 0 Å². The van der Waals surface area contributed by atoms with Crippen LogP contribution in [-0.2, 0) is 6.54 Å². The van der Waals surface area contributed by atoms with Crippen LogP contribution in [0.5, 0.6) is 0 Å². The third-order valence-corrected chi connectivity index (χ3v) is 3.12. The first-order valence-corrected chi connectivity index (χ1v) is 6.09. The molecule has 0 saturated carbocycles. The monoisotopic (exact) mass is 249 g/mol. The van der Waals surface area contributed by atoms with Gasteiger partial charge in [0.25, 0.3) is 6.43 Å². The molecule has 0 spiro atoms. The molecule has 0 aliphatic heterocycles. The van der Waals surface area contributed by atoms with Crippen molar-refractivity contribution in [2.24, 2.45) is 0 Å². The van der Waals surface area contributed by atoms with Gasteiger partial charge < -0.3 is 10.2 Å². The fourth-order valence-corrected chi connectivity index (χ4v) is 2.08. The molecule has 0 bridgehead atoms. The van der Waals surface area contributed by atoms with Crippen molar-refractivity contribution >= 4 is 16.5 Å². The van der Waals surface area contributed by atoms with Crippen LogP contribution >= 0.6 is 11.3 Å². The van der Waals surface area contributed by atoms with E-state index >= 15 is 0 Å². The van der Waals surface area contributed by atoms with Crippen LogP contribution < -0.4 is 10.2 Å². The molecular formula is C10H17F2N3S. The standard InChI is InChI=1S/C10H17F2N3S/c1-3-4-13-5-8-6-14-10(16-8)15(2)7-9(11)12/h6,9,13H,3-5,7H2,1-2H3. The minimum absolute atomic E-state index is 0.269. The summed E-state index contributed by atoms with van der Waals surface area (Å²) in [5.74, 6) is 0. The molecule has 0 aliphatic carbocycles. The Bertz CT molecular complexity index is 304. The Balaban J connectivity index is 2.44. The molecule has 0 amide bonds. The molecule has 0 unspecified atom stereocenters. The SMILES string of the molecule is CCCNCc1cnc(N(C)CC(F)F)s1.